The van der Waals surface area contributed by atoms with Gasteiger partial charge in [-0.05, 0) is 53.7 Å². The first-order valence-corrected chi connectivity index (χ1v) is 10.6. The van der Waals surface area contributed by atoms with Gasteiger partial charge in [-0.25, -0.2) is 4.79 Å². The number of phenols is 1. The quantitative estimate of drug-likeness (QED) is 0.483. The average Bonchev–Trinajstić information content (AvgIpc) is 2.64. The zero-order valence-corrected chi connectivity index (χ0v) is 17.4. The van der Waals surface area contributed by atoms with Crippen molar-refractivity contribution in [3.8, 4) is 5.75 Å². The molecule has 1 aliphatic rings. The molecular weight excluding hydrogens is 336 g/mol. The van der Waals surface area contributed by atoms with Crippen LogP contribution in [-0.4, -0.2) is 16.2 Å². The molecule has 0 fully saturated rings. The lowest BCUT2D eigenvalue weighted by Crippen LogP contribution is -2.21. The predicted molar refractivity (Wildman–Crippen MR) is 111 cm³/mol. The van der Waals surface area contributed by atoms with E-state index in [0.29, 0.717) is 23.7 Å². The van der Waals surface area contributed by atoms with Gasteiger partial charge in [0.25, 0.3) is 0 Å². The van der Waals surface area contributed by atoms with Crippen molar-refractivity contribution in [1.29, 1.82) is 0 Å². The highest BCUT2D eigenvalue weighted by Crippen LogP contribution is 2.44. The van der Waals surface area contributed by atoms with Crippen LogP contribution in [0.15, 0.2) is 29.8 Å². The number of rotatable bonds is 9. The summed E-state index contributed by atoms with van der Waals surface area (Å²) in [6.45, 7) is 8.85. The first-order chi connectivity index (χ1) is 12.8. The van der Waals surface area contributed by atoms with Crippen LogP contribution in [0.5, 0.6) is 5.75 Å². The number of hydrogen-bond acceptors (Lipinski definition) is 2. The Balaban J connectivity index is 2.20. The van der Waals surface area contributed by atoms with Crippen LogP contribution in [0, 0.1) is 5.92 Å². The zero-order valence-electron chi connectivity index (χ0n) is 17.4. The van der Waals surface area contributed by atoms with E-state index in [2.05, 4.69) is 33.8 Å². The second kappa shape index (κ2) is 9.43. The minimum absolute atomic E-state index is 0.0343. The number of aliphatic carboxylic acids is 1. The van der Waals surface area contributed by atoms with Crippen LogP contribution in [0.4, 0.5) is 0 Å². The Morgan fingerprint density at radius 2 is 1.93 bits per heavy atom. The van der Waals surface area contributed by atoms with Crippen LogP contribution in [0.1, 0.15) is 96.1 Å². The first kappa shape index (κ1) is 21.5. The van der Waals surface area contributed by atoms with E-state index in [0.717, 1.165) is 30.4 Å². The average molecular weight is 373 g/mol. The Morgan fingerprint density at radius 1 is 1.19 bits per heavy atom. The number of carboxylic acid groups (broad SMARTS) is 1. The van der Waals surface area contributed by atoms with Crippen molar-refractivity contribution in [2.45, 2.75) is 90.4 Å². The van der Waals surface area contributed by atoms with Gasteiger partial charge in [-0.1, -0.05) is 78.0 Å². The standard InChI is InChI=1S/C24H36O3/c1-5-7-8-9-14-24(3,4)19-12-13-20(22(25)16-19)21-15-18(23(26)27)11-10-17(21)6-2/h11-13,16-17,21,25H,5-10,14-15H2,1-4H3,(H,26,27)/t17-,21-/m1/s1. The monoisotopic (exact) mass is 372 g/mol. The van der Waals surface area contributed by atoms with Crippen molar-refractivity contribution in [3.63, 3.8) is 0 Å². The van der Waals surface area contributed by atoms with Gasteiger partial charge in [0.05, 0.1) is 0 Å². The summed E-state index contributed by atoms with van der Waals surface area (Å²) in [4.78, 5) is 11.4. The van der Waals surface area contributed by atoms with Crippen LogP contribution in [0.2, 0.25) is 0 Å². The summed E-state index contributed by atoms with van der Waals surface area (Å²) in [5, 5.41) is 20.2. The van der Waals surface area contributed by atoms with E-state index in [4.69, 9.17) is 0 Å². The molecule has 0 heterocycles. The summed E-state index contributed by atoms with van der Waals surface area (Å²) in [7, 11) is 0. The minimum Gasteiger partial charge on any atom is -0.508 e. The number of allylic oxidation sites excluding steroid dienone is 1. The molecule has 0 unspecified atom stereocenters. The van der Waals surface area contributed by atoms with Crippen LogP contribution in [-0.2, 0) is 10.2 Å². The molecule has 2 N–H and O–H groups in total. The van der Waals surface area contributed by atoms with Crippen LogP contribution in [0.25, 0.3) is 0 Å². The molecule has 150 valence electrons. The number of hydrogen-bond donors (Lipinski definition) is 2. The lowest BCUT2D eigenvalue weighted by molar-refractivity contribution is -0.133. The number of carboxylic acids is 1. The molecule has 0 amide bonds. The summed E-state index contributed by atoms with van der Waals surface area (Å²) in [5.74, 6) is -0.0529. The molecule has 1 aliphatic carbocycles. The van der Waals surface area contributed by atoms with E-state index < -0.39 is 5.97 Å². The Kier molecular flexibility index (Phi) is 7.52. The molecule has 2 rings (SSSR count). The Hall–Kier alpha value is -1.77. The van der Waals surface area contributed by atoms with Crippen LogP contribution >= 0.6 is 0 Å². The lowest BCUT2D eigenvalue weighted by atomic mass is 9.73. The topological polar surface area (TPSA) is 57.5 Å². The van der Waals surface area contributed by atoms with Gasteiger partial charge in [-0.15, -0.1) is 0 Å². The van der Waals surface area contributed by atoms with Crippen LogP contribution < -0.4 is 0 Å². The molecular formula is C24H36O3. The third-order valence-corrected chi connectivity index (χ3v) is 6.34. The van der Waals surface area contributed by atoms with Gasteiger partial charge in [0, 0.05) is 5.57 Å². The Bertz CT molecular complexity index is 672. The molecule has 3 heteroatoms. The van der Waals surface area contributed by atoms with Crippen LogP contribution in [0.3, 0.4) is 0 Å². The van der Waals surface area contributed by atoms with E-state index in [1.807, 2.05) is 18.2 Å². The van der Waals surface area contributed by atoms with E-state index in [9.17, 15) is 15.0 Å². The van der Waals surface area contributed by atoms with E-state index in [1.165, 1.54) is 25.7 Å². The fourth-order valence-corrected chi connectivity index (χ4v) is 4.35. The van der Waals surface area contributed by atoms with Gasteiger partial charge in [0.15, 0.2) is 0 Å². The molecule has 0 saturated heterocycles. The summed E-state index contributed by atoms with van der Waals surface area (Å²) in [6.07, 6.45) is 10.2. The molecule has 0 spiro atoms. The Morgan fingerprint density at radius 3 is 2.52 bits per heavy atom. The summed E-state index contributed by atoms with van der Waals surface area (Å²) < 4.78 is 0. The summed E-state index contributed by atoms with van der Waals surface area (Å²) in [6, 6.07) is 6.09. The van der Waals surface area contributed by atoms with Gasteiger partial charge >= 0.3 is 5.97 Å². The highest BCUT2D eigenvalue weighted by Gasteiger charge is 2.31. The zero-order chi connectivity index (χ0) is 20.0. The van der Waals surface area contributed by atoms with Gasteiger partial charge in [0.2, 0.25) is 0 Å². The molecule has 3 nitrogen and oxygen atoms in total. The first-order valence-electron chi connectivity index (χ1n) is 10.6. The third-order valence-electron chi connectivity index (χ3n) is 6.34. The minimum atomic E-state index is -0.834. The van der Waals surface area contributed by atoms with Gasteiger partial charge < -0.3 is 10.2 Å². The fraction of sp³-hybridized carbons (Fsp3) is 0.625. The summed E-state index contributed by atoms with van der Waals surface area (Å²) >= 11 is 0. The highest BCUT2D eigenvalue weighted by molar-refractivity contribution is 5.87. The smallest absolute Gasteiger partial charge is 0.331 e. The largest absolute Gasteiger partial charge is 0.508 e. The molecule has 27 heavy (non-hydrogen) atoms. The van der Waals surface area contributed by atoms with Crippen molar-refractivity contribution in [2.24, 2.45) is 5.92 Å². The highest BCUT2D eigenvalue weighted by atomic mass is 16.4. The molecule has 2 atom stereocenters. The molecule has 0 bridgehead atoms. The fourth-order valence-electron chi connectivity index (χ4n) is 4.35. The van der Waals surface area contributed by atoms with E-state index >= 15 is 0 Å². The second-order valence-corrected chi connectivity index (χ2v) is 8.72. The van der Waals surface area contributed by atoms with Gasteiger partial charge in [0.1, 0.15) is 5.75 Å². The third kappa shape index (κ3) is 5.37. The second-order valence-electron chi connectivity index (χ2n) is 8.72. The maximum absolute atomic E-state index is 11.4. The van der Waals surface area contributed by atoms with E-state index in [1.54, 1.807) is 0 Å². The molecule has 1 aromatic rings. The lowest BCUT2D eigenvalue weighted by Gasteiger charge is -2.32. The molecule has 0 radical (unpaired) electrons. The van der Waals surface area contributed by atoms with Crippen molar-refractivity contribution in [1.82, 2.24) is 0 Å². The molecule has 0 saturated carbocycles. The summed E-state index contributed by atoms with van der Waals surface area (Å²) in [5.41, 5.74) is 2.58. The Labute approximate surface area is 164 Å². The van der Waals surface area contributed by atoms with E-state index in [-0.39, 0.29) is 11.3 Å². The number of aromatic hydroxyl groups is 1. The van der Waals surface area contributed by atoms with Crippen molar-refractivity contribution in [3.05, 3.63) is 41.0 Å². The van der Waals surface area contributed by atoms with Crippen molar-refractivity contribution >= 4 is 5.97 Å². The molecule has 0 aromatic heterocycles. The normalized spacial score (nSPS) is 20.4. The predicted octanol–water partition coefficient (Wildman–Crippen LogP) is 6.55. The maximum Gasteiger partial charge on any atom is 0.331 e. The maximum atomic E-state index is 11.4. The molecule has 1 aromatic carbocycles. The number of unbranched alkanes of at least 4 members (excludes halogenated alkanes) is 3. The SMILES string of the molecule is CCCCCCC(C)(C)c1ccc([C@@H]2CC(C(=O)O)=CC[C@H]2CC)c(O)c1. The van der Waals surface area contributed by atoms with Crippen molar-refractivity contribution < 1.29 is 15.0 Å². The van der Waals surface area contributed by atoms with Gasteiger partial charge in [-0.3, -0.25) is 0 Å². The molecule has 0 aliphatic heterocycles. The van der Waals surface area contributed by atoms with Crippen molar-refractivity contribution in [2.75, 3.05) is 0 Å². The van der Waals surface area contributed by atoms with Gasteiger partial charge in [-0.2, -0.15) is 0 Å². The number of carbonyl (C=O) groups is 1. The number of benzene rings is 1. The number of phenolic OH excluding ortho intramolecular Hbond substituents is 1.